The van der Waals surface area contributed by atoms with Crippen molar-refractivity contribution in [2.24, 2.45) is 0 Å². The summed E-state index contributed by atoms with van der Waals surface area (Å²) in [5.41, 5.74) is 0.711. The molecule has 2 aromatic heterocycles. The number of fused-ring (bicyclic) bond motifs is 1. The van der Waals surface area contributed by atoms with Crippen LogP contribution in [0, 0.1) is 0 Å². The Hall–Kier alpha value is -1.64. The number of pyridine rings is 1. The summed E-state index contributed by atoms with van der Waals surface area (Å²) in [6.07, 6.45) is 4.11. The Kier molecular flexibility index (Phi) is 1.22. The van der Waals surface area contributed by atoms with Gasteiger partial charge in [0.15, 0.2) is 0 Å². The molecule has 3 heteroatoms. The topological polar surface area (TPSA) is 34.9 Å². The summed E-state index contributed by atoms with van der Waals surface area (Å²) in [5, 5.41) is 0.986. The highest BCUT2D eigenvalue weighted by molar-refractivity contribution is 5.81. The molecule has 0 amide bonds. The highest BCUT2D eigenvalue weighted by Gasteiger charge is 1.97. The Morgan fingerprint density at radius 2 is 2.36 bits per heavy atom. The molecule has 0 fully saturated rings. The molecule has 0 aliphatic heterocycles. The van der Waals surface area contributed by atoms with E-state index in [-0.39, 0.29) is 0 Å². The molecule has 2 rings (SSSR count). The molecular weight excluding hydrogens is 140 g/mol. The van der Waals surface area contributed by atoms with Crippen molar-refractivity contribution in [1.29, 1.82) is 0 Å². The molecule has 0 bridgehead atoms. The molecule has 0 spiro atoms. The van der Waals surface area contributed by atoms with Crippen LogP contribution >= 0.6 is 0 Å². The van der Waals surface area contributed by atoms with Crippen LogP contribution in [0.15, 0.2) is 30.6 Å². The second-order valence-electron chi connectivity index (χ2n) is 2.24. The molecule has 0 radical (unpaired) electrons. The lowest BCUT2D eigenvalue weighted by atomic mass is 10.3. The van der Waals surface area contributed by atoms with Gasteiger partial charge in [0, 0.05) is 17.8 Å². The van der Waals surface area contributed by atoms with E-state index in [9.17, 15) is 4.79 Å². The smallest absolute Gasteiger partial charge is 0.219 e. The molecule has 0 aliphatic carbocycles. The zero-order valence-corrected chi connectivity index (χ0v) is 5.77. The fourth-order valence-corrected chi connectivity index (χ4v) is 1.07. The first-order valence-corrected chi connectivity index (χ1v) is 3.28. The summed E-state index contributed by atoms with van der Waals surface area (Å²) in [7, 11) is 0. The van der Waals surface area contributed by atoms with Gasteiger partial charge in [-0.15, -0.1) is 0 Å². The summed E-state index contributed by atoms with van der Waals surface area (Å²) in [4.78, 5) is 14.4. The first-order chi connectivity index (χ1) is 5.42. The Balaban J connectivity index is 2.86. The minimum absolute atomic E-state index is 0.711. The van der Waals surface area contributed by atoms with Crippen molar-refractivity contribution in [2.75, 3.05) is 0 Å². The van der Waals surface area contributed by atoms with Gasteiger partial charge in [0.1, 0.15) is 5.65 Å². The molecular formula is C8H6N2O. The highest BCUT2D eigenvalue weighted by Crippen LogP contribution is 2.09. The molecule has 11 heavy (non-hydrogen) atoms. The maximum atomic E-state index is 10.4. The average Bonchev–Trinajstić information content (AvgIpc) is 2.47. The molecule has 0 atom stereocenters. The van der Waals surface area contributed by atoms with Gasteiger partial charge in [-0.3, -0.25) is 9.36 Å². The van der Waals surface area contributed by atoms with Crippen LogP contribution in [0.4, 0.5) is 0 Å². The number of hydrogen-bond acceptors (Lipinski definition) is 2. The molecule has 2 heterocycles. The molecule has 0 aromatic carbocycles. The van der Waals surface area contributed by atoms with E-state index in [4.69, 9.17) is 0 Å². The normalized spacial score (nSPS) is 10.2. The van der Waals surface area contributed by atoms with Crippen LogP contribution in [-0.4, -0.2) is 16.0 Å². The van der Waals surface area contributed by atoms with E-state index in [0.29, 0.717) is 5.65 Å². The SMILES string of the molecule is O=Cn1ccc2cccnc21. The minimum Gasteiger partial charge on any atom is -0.278 e. The van der Waals surface area contributed by atoms with Gasteiger partial charge < -0.3 is 0 Å². The third-order valence-electron chi connectivity index (χ3n) is 1.59. The zero-order valence-electron chi connectivity index (χ0n) is 5.77. The van der Waals surface area contributed by atoms with Crippen molar-refractivity contribution < 1.29 is 4.79 Å². The van der Waals surface area contributed by atoms with Crippen molar-refractivity contribution in [3.05, 3.63) is 30.6 Å². The van der Waals surface area contributed by atoms with E-state index in [1.807, 2.05) is 18.2 Å². The second-order valence-corrected chi connectivity index (χ2v) is 2.24. The molecule has 3 nitrogen and oxygen atoms in total. The van der Waals surface area contributed by atoms with Crippen LogP contribution in [0.25, 0.3) is 11.0 Å². The first-order valence-electron chi connectivity index (χ1n) is 3.28. The van der Waals surface area contributed by atoms with Crippen LogP contribution in [0.5, 0.6) is 0 Å². The lowest BCUT2D eigenvalue weighted by molar-refractivity contribution is 0.548. The van der Waals surface area contributed by atoms with Gasteiger partial charge in [-0.1, -0.05) is 0 Å². The zero-order chi connectivity index (χ0) is 7.68. The van der Waals surface area contributed by atoms with Crippen LogP contribution in [-0.2, 0) is 4.79 Å². The van der Waals surface area contributed by atoms with Crippen LogP contribution in [0.2, 0.25) is 0 Å². The Morgan fingerprint density at radius 1 is 1.45 bits per heavy atom. The van der Waals surface area contributed by atoms with E-state index < -0.39 is 0 Å². The largest absolute Gasteiger partial charge is 0.278 e. The molecule has 0 aliphatic rings. The molecule has 54 valence electrons. The fraction of sp³-hybridized carbons (Fsp3) is 0. The van der Waals surface area contributed by atoms with Crippen LogP contribution in [0.1, 0.15) is 0 Å². The number of carbonyl (C=O) groups excluding carboxylic acids is 1. The minimum atomic E-state index is 0.711. The van der Waals surface area contributed by atoms with Crippen LogP contribution < -0.4 is 0 Å². The average molecular weight is 146 g/mol. The quantitative estimate of drug-likeness (QED) is 0.564. The van der Waals surface area contributed by atoms with Gasteiger partial charge in [0.2, 0.25) is 6.41 Å². The first kappa shape index (κ1) is 6.09. The lowest BCUT2D eigenvalue weighted by Gasteiger charge is -1.90. The highest BCUT2D eigenvalue weighted by atomic mass is 16.1. The third-order valence-corrected chi connectivity index (χ3v) is 1.59. The van der Waals surface area contributed by atoms with Gasteiger partial charge in [0.25, 0.3) is 0 Å². The predicted octanol–water partition coefficient (Wildman–Crippen LogP) is 1.07. The molecule has 0 saturated carbocycles. The molecule has 0 N–H and O–H groups in total. The van der Waals surface area contributed by atoms with Crippen molar-refractivity contribution in [3.63, 3.8) is 0 Å². The maximum Gasteiger partial charge on any atom is 0.219 e. The predicted molar refractivity (Wildman–Crippen MR) is 41.9 cm³/mol. The van der Waals surface area contributed by atoms with Crippen LogP contribution in [0.3, 0.4) is 0 Å². The Morgan fingerprint density at radius 3 is 3.18 bits per heavy atom. The van der Waals surface area contributed by atoms with E-state index in [1.54, 1.807) is 12.4 Å². The van der Waals surface area contributed by atoms with Gasteiger partial charge in [-0.25, -0.2) is 4.98 Å². The van der Waals surface area contributed by atoms with E-state index in [2.05, 4.69) is 4.98 Å². The standard InChI is InChI=1S/C8H6N2O/c11-6-10-5-3-7-2-1-4-9-8(7)10/h1-6H. The molecule has 0 saturated heterocycles. The van der Waals surface area contributed by atoms with Gasteiger partial charge >= 0.3 is 0 Å². The summed E-state index contributed by atoms with van der Waals surface area (Å²) in [6, 6.07) is 5.62. The maximum absolute atomic E-state index is 10.4. The summed E-state index contributed by atoms with van der Waals surface area (Å²) < 4.78 is 1.45. The van der Waals surface area contributed by atoms with Crippen molar-refractivity contribution in [3.8, 4) is 0 Å². The fourth-order valence-electron chi connectivity index (χ4n) is 1.07. The number of hydrogen-bond donors (Lipinski definition) is 0. The van der Waals surface area contributed by atoms with E-state index in [1.165, 1.54) is 4.57 Å². The number of rotatable bonds is 1. The summed E-state index contributed by atoms with van der Waals surface area (Å²) in [6.45, 7) is 0. The lowest BCUT2D eigenvalue weighted by Crippen LogP contribution is -1.92. The third kappa shape index (κ3) is 0.816. The van der Waals surface area contributed by atoms with Crippen molar-refractivity contribution in [2.45, 2.75) is 0 Å². The Labute approximate surface area is 63.3 Å². The number of aromatic nitrogens is 2. The summed E-state index contributed by atoms with van der Waals surface area (Å²) in [5.74, 6) is 0. The Bertz CT molecular complexity index is 392. The van der Waals surface area contributed by atoms with E-state index >= 15 is 0 Å². The second kappa shape index (κ2) is 2.20. The number of nitrogens with zero attached hydrogens (tertiary/aromatic N) is 2. The number of carbonyl (C=O) groups is 1. The summed E-state index contributed by atoms with van der Waals surface area (Å²) >= 11 is 0. The van der Waals surface area contributed by atoms with Gasteiger partial charge in [-0.2, -0.15) is 0 Å². The molecule has 2 aromatic rings. The van der Waals surface area contributed by atoms with Gasteiger partial charge in [0.05, 0.1) is 0 Å². The van der Waals surface area contributed by atoms with Crippen molar-refractivity contribution >= 4 is 17.4 Å². The monoisotopic (exact) mass is 146 g/mol. The van der Waals surface area contributed by atoms with Gasteiger partial charge in [-0.05, 0) is 18.2 Å². The van der Waals surface area contributed by atoms with Crippen molar-refractivity contribution in [1.82, 2.24) is 9.55 Å². The van der Waals surface area contributed by atoms with E-state index in [0.717, 1.165) is 11.8 Å². The molecule has 0 unspecified atom stereocenters.